The third kappa shape index (κ3) is 5.56. The molecule has 1 atom stereocenters. The van der Waals surface area contributed by atoms with Crippen LogP contribution in [0.15, 0.2) is 65.7 Å². The Labute approximate surface area is 232 Å². The van der Waals surface area contributed by atoms with E-state index in [0.717, 1.165) is 50.3 Å². The van der Waals surface area contributed by atoms with Crippen molar-refractivity contribution in [3.8, 4) is 22.9 Å². The molecule has 1 saturated heterocycles. The Kier molecular flexibility index (Phi) is 7.73. The average molecular weight is 542 g/mol. The number of fused-ring (bicyclic) bond motifs is 1. The smallest absolute Gasteiger partial charge is 0.149 e. The van der Waals surface area contributed by atoms with Crippen molar-refractivity contribution in [1.29, 1.82) is 5.26 Å². The summed E-state index contributed by atoms with van der Waals surface area (Å²) in [5.74, 6) is 1.50. The Bertz CT molecular complexity index is 1530. The van der Waals surface area contributed by atoms with Crippen molar-refractivity contribution in [2.75, 3.05) is 24.6 Å². The number of rotatable bonds is 7. The van der Waals surface area contributed by atoms with E-state index in [4.69, 9.17) is 14.9 Å². The number of ether oxygens (including phenoxy) is 1. The van der Waals surface area contributed by atoms with Gasteiger partial charge in [-0.15, -0.1) is 0 Å². The molecule has 39 heavy (non-hydrogen) atoms. The number of piperidine rings is 1. The lowest BCUT2D eigenvalue weighted by molar-refractivity contribution is -0.0326. The van der Waals surface area contributed by atoms with Crippen molar-refractivity contribution in [3.63, 3.8) is 0 Å². The summed E-state index contributed by atoms with van der Waals surface area (Å²) < 4.78 is 6.35. The van der Waals surface area contributed by atoms with Crippen LogP contribution in [0.3, 0.4) is 0 Å². The molecule has 0 spiro atoms. The molecule has 8 nitrogen and oxygen atoms in total. The monoisotopic (exact) mass is 541 g/mol. The summed E-state index contributed by atoms with van der Waals surface area (Å²) in [5.41, 5.74) is 3.53. The van der Waals surface area contributed by atoms with Crippen molar-refractivity contribution in [2.45, 2.75) is 43.3 Å². The zero-order chi connectivity index (χ0) is 27.6. The molecule has 1 aliphatic heterocycles. The normalized spacial score (nSPS) is 15.6. The van der Waals surface area contributed by atoms with E-state index in [1.807, 2.05) is 62.4 Å². The van der Waals surface area contributed by atoms with E-state index in [1.54, 1.807) is 6.20 Å². The molecule has 200 valence electrons. The van der Waals surface area contributed by atoms with E-state index < -0.39 is 5.60 Å². The predicted molar refractivity (Wildman–Crippen MR) is 153 cm³/mol. The first-order chi connectivity index (χ1) is 18.8. The number of aryl methyl sites for hydroxylation is 1. The van der Waals surface area contributed by atoms with E-state index in [1.165, 1.54) is 0 Å². The van der Waals surface area contributed by atoms with E-state index in [-0.39, 0.29) is 12.7 Å². The molecular formula is C30H31N5O3S. The molecule has 9 heteroatoms. The summed E-state index contributed by atoms with van der Waals surface area (Å²) in [7, 11) is 0. The molecular weight excluding hydrogens is 510 g/mol. The van der Waals surface area contributed by atoms with Gasteiger partial charge in [0.25, 0.3) is 0 Å². The minimum absolute atomic E-state index is 0.233. The molecule has 0 aliphatic carbocycles. The topological polar surface area (TPSA) is 129 Å². The largest absolute Gasteiger partial charge is 0.485 e. The van der Waals surface area contributed by atoms with Crippen LogP contribution in [0.2, 0.25) is 0 Å². The molecule has 5 rings (SSSR count). The lowest BCUT2D eigenvalue weighted by atomic mass is 9.92. The second-order valence-electron chi connectivity index (χ2n) is 10.0. The van der Waals surface area contributed by atoms with Crippen molar-refractivity contribution in [2.24, 2.45) is 5.14 Å². The number of pyridine rings is 2. The Morgan fingerprint density at radius 3 is 2.62 bits per heavy atom. The molecule has 0 radical (unpaired) electrons. The van der Waals surface area contributed by atoms with Crippen LogP contribution in [0, 0.1) is 18.3 Å². The molecule has 0 saturated carbocycles. The van der Waals surface area contributed by atoms with Gasteiger partial charge in [0.15, 0.2) is 0 Å². The highest BCUT2D eigenvalue weighted by molar-refractivity contribution is 7.97. The fourth-order valence-electron chi connectivity index (χ4n) is 5.03. The molecule has 4 aromatic rings. The number of aromatic nitrogens is 2. The van der Waals surface area contributed by atoms with Crippen LogP contribution in [-0.4, -0.2) is 45.5 Å². The molecule has 2 aromatic heterocycles. The number of nitrogens with zero attached hydrogens (tertiary/aromatic N) is 4. The van der Waals surface area contributed by atoms with E-state index in [9.17, 15) is 15.5 Å². The average Bonchev–Trinajstić information content (AvgIpc) is 2.96. The van der Waals surface area contributed by atoms with Gasteiger partial charge in [-0.25, -0.2) is 9.97 Å². The van der Waals surface area contributed by atoms with Crippen LogP contribution >= 0.6 is 11.9 Å². The van der Waals surface area contributed by atoms with Gasteiger partial charge in [0.2, 0.25) is 0 Å². The van der Waals surface area contributed by atoms with Crippen molar-refractivity contribution in [1.82, 2.24) is 9.97 Å². The first-order valence-electron chi connectivity index (χ1n) is 12.9. The minimum atomic E-state index is -1.02. The van der Waals surface area contributed by atoms with Crippen molar-refractivity contribution >= 4 is 28.7 Å². The maximum absolute atomic E-state index is 10.3. The minimum Gasteiger partial charge on any atom is -0.485 e. The summed E-state index contributed by atoms with van der Waals surface area (Å²) >= 11 is 1.15. The van der Waals surface area contributed by atoms with Gasteiger partial charge in [0, 0.05) is 41.4 Å². The highest BCUT2D eigenvalue weighted by atomic mass is 32.2. The van der Waals surface area contributed by atoms with E-state index in [0.29, 0.717) is 42.9 Å². The zero-order valence-corrected chi connectivity index (χ0v) is 22.8. The maximum atomic E-state index is 10.3. The number of para-hydroxylation sites is 1. The highest BCUT2D eigenvalue weighted by Gasteiger charge is 2.32. The number of benzene rings is 2. The van der Waals surface area contributed by atoms with Gasteiger partial charge in [-0.05, 0) is 80.6 Å². The maximum Gasteiger partial charge on any atom is 0.149 e. The quantitative estimate of drug-likeness (QED) is 0.280. The van der Waals surface area contributed by atoms with Crippen LogP contribution < -0.4 is 14.8 Å². The fourth-order valence-corrected chi connectivity index (χ4v) is 5.42. The van der Waals surface area contributed by atoms with Crippen LogP contribution in [0.1, 0.15) is 42.7 Å². The summed E-state index contributed by atoms with van der Waals surface area (Å²) in [6, 6.07) is 19.9. The molecule has 0 bridgehead atoms. The van der Waals surface area contributed by atoms with E-state index >= 15 is 0 Å². The van der Waals surface area contributed by atoms with E-state index in [2.05, 4.69) is 22.0 Å². The van der Waals surface area contributed by atoms with Gasteiger partial charge in [-0.3, -0.25) is 5.14 Å². The van der Waals surface area contributed by atoms with Crippen LogP contribution in [-0.2, 0) is 0 Å². The summed E-state index contributed by atoms with van der Waals surface area (Å²) in [5, 5.41) is 36.4. The number of aliphatic hydroxyl groups excluding tert-OH is 1. The van der Waals surface area contributed by atoms with Gasteiger partial charge >= 0.3 is 0 Å². The zero-order valence-electron chi connectivity index (χ0n) is 22.0. The third-order valence-electron chi connectivity index (χ3n) is 7.31. The number of hydrogen-bond acceptors (Lipinski definition) is 9. The number of aliphatic hydroxyl groups is 2. The molecule has 2 aromatic carbocycles. The lowest BCUT2D eigenvalue weighted by Gasteiger charge is -2.37. The van der Waals surface area contributed by atoms with Gasteiger partial charge in [-0.1, -0.05) is 18.2 Å². The van der Waals surface area contributed by atoms with Crippen molar-refractivity contribution < 1.29 is 14.9 Å². The molecule has 1 fully saturated rings. The number of hydrogen-bond donors (Lipinski definition) is 3. The van der Waals surface area contributed by atoms with Gasteiger partial charge in [0.05, 0.1) is 22.6 Å². The first kappa shape index (κ1) is 26.9. The molecule has 1 unspecified atom stereocenters. The van der Waals surface area contributed by atoms with Gasteiger partial charge in [0.1, 0.15) is 29.4 Å². The lowest BCUT2D eigenvalue weighted by Crippen LogP contribution is -2.46. The van der Waals surface area contributed by atoms with Gasteiger partial charge < -0.3 is 19.8 Å². The Morgan fingerprint density at radius 1 is 1.18 bits per heavy atom. The standard InChI is InChI=1S/C30H31N5O3S/c1-19-13-22(20(2)38-27-5-3-4-6-28(27)39-32)24-15-23(26(16-31)34-25(24)14-19)21-7-8-29(33-17-21)35-11-9-30(37,18-36)10-12-35/h3-8,13-15,17,20,36-37H,9-12,18,32H2,1-2H3. The number of anilines is 1. The Balaban J connectivity index is 1.49. The molecule has 1 aliphatic rings. The molecule has 4 N–H and O–H groups in total. The summed E-state index contributed by atoms with van der Waals surface area (Å²) in [6.07, 6.45) is 2.43. The van der Waals surface area contributed by atoms with Gasteiger partial charge in [-0.2, -0.15) is 5.26 Å². The van der Waals surface area contributed by atoms with Crippen LogP contribution in [0.4, 0.5) is 5.82 Å². The summed E-state index contributed by atoms with van der Waals surface area (Å²) in [6.45, 7) is 4.98. The number of nitrogens with two attached hydrogens (primary N) is 1. The SMILES string of the molecule is Cc1cc(C(C)Oc2ccccc2SN)c2cc(-c3ccc(N4CCC(O)(CO)CC4)nc3)c(C#N)nc2c1. The molecule has 0 amide bonds. The third-order valence-corrected chi connectivity index (χ3v) is 7.90. The molecule has 3 heterocycles. The fraction of sp³-hybridized carbons (Fsp3) is 0.300. The Morgan fingerprint density at radius 2 is 1.95 bits per heavy atom. The van der Waals surface area contributed by atoms with Crippen molar-refractivity contribution in [3.05, 3.63) is 77.6 Å². The second-order valence-corrected chi connectivity index (χ2v) is 10.7. The predicted octanol–water partition coefficient (Wildman–Crippen LogP) is 4.91. The van der Waals surface area contributed by atoms with Crippen LogP contribution in [0.5, 0.6) is 5.75 Å². The highest BCUT2D eigenvalue weighted by Crippen LogP contribution is 2.35. The second kappa shape index (κ2) is 11.2. The summed E-state index contributed by atoms with van der Waals surface area (Å²) in [4.78, 5) is 12.3. The Hall–Kier alpha value is -3.68. The first-order valence-corrected chi connectivity index (χ1v) is 13.7. The van der Waals surface area contributed by atoms with Crippen LogP contribution in [0.25, 0.3) is 22.0 Å². The number of nitriles is 1.